The number of aromatic nitrogens is 4. The van der Waals surface area contributed by atoms with Gasteiger partial charge in [0.2, 0.25) is 0 Å². The monoisotopic (exact) mass is 358 g/mol. The standard InChI is InChI=1S/C18H26N6O2/c1-13-20-18-19-12-15(17(26)24(18)21-13)16(25)23-10-3-2-6-14(23)7-11-22-8-4-5-9-22/h12,14H,2-11H2,1H3,(H,19,20,21)/t14-/m0/s1. The molecule has 26 heavy (non-hydrogen) atoms. The van der Waals surface area contributed by atoms with E-state index >= 15 is 0 Å². The zero-order valence-electron chi connectivity index (χ0n) is 15.3. The first-order valence-electron chi connectivity index (χ1n) is 9.61. The van der Waals surface area contributed by atoms with Crippen LogP contribution >= 0.6 is 0 Å². The first-order valence-corrected chi connectivity index (χ1v) is 9.61. The number of hydrogen-bond acceptors (Lipinski definition) is 5. The Kier molecular flexibility index (Phi) is 4.76. The van der Waals surface area contributed by atoms with Crippen molar-refractivity contribution in [3.8, 4) is 0 Å². The summed E-state index contributed by atoms with van der Waals surface area (Å²) in [4.78, 5) is 38.5. The van der Waals surface area contributed by atoms with Crippen molar-refractivity contribution in [2.45, 2.75) is 51.5 Å². The molecule has 4 heterocycles. The number of likely N-dealkylation sites (tertiary alicyclic amines) is 2. The molecule has 0 bridgehead atoms. The zero-order valence-corrected chi connectivity index (χ0v) is 15.3. The molecule has 2 aromatic heterocycles. The number of hydrogen-bond donors (Lipinski definition) is 1. The van der Waals surface area contributed by atoms with Crippen LogP contribution in [0.4, 0.5) is 0 Å². The summed E-state index contributed by atoms with van der Waals surface area (Å²) < 4.78 is 1.26. The number of aromatic amines is 1. The molecule has 1 amide bonds. The zero-order chi connectivity index (χ0) is 18.1. The van der Waals surface area contributed by atoms with Gasteiger partial charge in [-0.05, 0) is 58.5 Å². The minimum atomic E-state index is -0.371. The van der Waals surface area contributed by atoms with E-state index in [4.69, 9.17) is 0 Å². The van der Waals surface area contributed by atoms with Gasteiger partial charge >= 0.3 is 0 Å². The van der Waals surface area contributed by atoms with E-state index in [2.05, 4.69) is 20.0 Å². The molecule has 0 aliphatic carbocycles. The van der Waals surface area contributed by atoms with Crippen LogP contribution in [0.3, 0.4) is 0 Å². The Balaban J connectivity index is 1.54. The molecule has 2 saturated heterocycles. The highest BCUT2D eigenvalue weighted by Gasteiger charge is 2.30. The quantitative estimate of drug-likeness (QED) is 0.888. The molecule has 0 saturated carbocycles. The predicted molar refractivity (Wildman–Crippen MR) is 97.3 cm³/mol. The summed E-state index contributed by atoms with van der Waals surface area (Å²) in [6, 6.07) is 0.209. The normalized spacial score (nSPS) is 21.6. The number of piperidine rings is 1. The van der Waals surface area contributed by atoms with E-state index in [0.29, 0.717) is 18.1 Å². The molecular formula is C18H26N6O2. The minimum Gasteiger partial charge on any atom is -0.335 e. The molecule has 0 radical (unpaired) electrons. The van der Waals surface area contributed by atoms with Crippen LogP contribution in [0, 0.1) is 6.92 Å². The fourth-order valence-corrected chi connectivity index (χ4v) is 4.17. The molecule has 0 spiro atoms. The van der Waals surface area contributed by atoms with E-state index < -0.39 is 0 Å². The number of amides is 1. The van der Waals surface area contributed by atoms with Crippen LogP contribution in [-0.2, 0) is 0 Å². The largest absolute Gasteiger partial charge is 0.335 e. The van der Waals surface area contributed by atoms with Crippen molar-refractivity contribution >= 4 is 11.7 Å². The third-order valence-corrected chi connectivity index (χ3v) is 5.58. The van der Waals surface area contributed by atoms with Crippen molar-refractivity contribution in [2.75, 3.05) is 26.2 Å². The number of nitrogens with zero attached hydrogens (tertiary/aromatic N) is 5. The second-order valence-electron chi connectivity index (χ2n) is 7.41. The molecule has 8 heteroatoms. The van der Waals surface area contributed by atoms with Crippen molar-refractivity contribution in [2.24, 2.45) is 0 Å². The summed E-state index contributed by atoms with van der Waals surface area (Å²) in [5, 5.41) is 2.85. The molecule has 1 N–H and O–H groups in total. The summed E-state index contributed by atoms with van der Waals surface area (Å²) in [6.45, 7) is 5.84. The third kappa shape index (κ3) is 3.25. The summed E-state index contributed by atoms with van der Waals surface area (Å²) in [6.07, 6.45) is 8.06. The molecule has 4 rings (SSSR count). The second kappa shape index (κ2) is 7.19. The lowest BCUT2D eigenvalue weighted by atomic mass is 9.98. The van der Waals surface area contributed by atoms with E-state index in [1.165, 1.54) is 36.6 Å². The van der Waals surface area contributed by atoms with E-state index in [1.807, 2.05) is 4.90 Å². The summed E-state index contributed by atoms with van der Waals surface area (Å²) in [5.41, 5.74) is -0.247. The first kappa shape index (κ1) is 17.2. The molecular weight excluding hydrogens is 332 g/mol. The van der Waals surface area contributed by atoms with E-state index in [9.17, 15) is 9.59 Å². The highest BCUT2D eigenvalue weighted by Crippen LogP contribution is 2.22. The van der Waals surface area contributed by atoms with Crippen LogP contribution in [0.15, 0.2) is 11.0 Å². The van der Waals surface area contributed by atoms with Crippen LogP contribution in [0.5, 0.6) is 0 Å². The van der Waals surface area contributed by atoms with Gasteiger partial charge in [-0.1, -0.05) is 0 Å². The number of nitrogens with one attached hydrogen (secondary N) is 1. The van der Waals surface area contributed by atoms with Gasteiger partial charge in [-0.2, -0.15) is 9.50 Å². The molecule has 8 nitrogen and oxygen atoms in total. The van der Waals surface area contributed by atoms with Gasteiger partial charge in [0.25, 0.3) is 17.2 Å². The van der Waals surface area contributed by atoms with Crippen LogP contribution in [-0.4, -0.2) is 67.5 Å². The Labute approximate surface area is 152 Å². The lowest BCUT2D eigenvalue weighted by molar-refractivity contribution is 0.0585. The highest BCUT2D eigenvalue weighted by molar-refractivity contribution is 5.94. The lowest BCUT2D eigenvalue weighted by Crippen LogP contribution is -2.46. The minimum absolute atomic E-state index is 0.124. The molecule has 140 valence electrons. The molecule has 1 atom stereocenters. The molecule has 2 aliphatic rings. The average Bonchev–Trinajstić information content (AvgIpc) is 3.29. The SMILES string of the molecule is Cc1nc2ncc(C(=O)N3CCCC[C@H]3CCN3CCCC3)c(=O)n2[nH]1. The lowest BCUT2D eigenvalue weighted by Gasteiger charge is -2.36. The number of rotatable bonds is 4. The molecule has 2 fully saturated rings. The van der Waals surface area contributed by atoms with Crippen LogP contribution in [0.25, 0.3) is 5.78 Å². The van der Waals surface area contributed by atoms with E-state index in [1.54, 1.807) is 6.92 Å². The van der Waals surface area contributed by atoms with Gasteiger partial charge in [0.15, 0.2) is 0 Å². The van der Waals surface area contributed by atoms with Gasteiger partial charge in [-0.3, -0.25) is 14.7 Å². The van der Waals surface area contributed by atoms with Crippen LogP contribution < -0.4 is 5.56 Å². The summed E-state index contributed by atoms with van der Waals surface area (Å²) >= 11 is 0. The van der Waals surface area contributed by atoms with Gasteiger partial charge in [-0.25, -0.2) is 4.98 Å². The fourth-order valence-electron chi connectivity index (χ4n) is 4.17. The third-order valence-electron chi connectivity index (χ3n) is 5.58. The molecule has 2 aromatic rings. The fraction of sp³-hybridized carbons (Fsp3) is 0.667. The van der Waals surface area contributed by atoms with E-state index in [0.717, 1.165) is 32.2 Å². The number of fused-ring (bicyclic) bond motifs is 1. The number of aryl methyl sites for hydroxylation is 1. The van der Waals surface area contributed by atoms with Gasteiger partial charge in [0.1, 0.15) is 11.4 Å². The van der Waals surface area contributed by atoms with Gasteiger partial charge in [-0.15, -0.1) is 0 Å². The Bertz CT molecular complexity index is 851. The van der Waals surface area contributed by atoms with Gasteiger partial charge < -0.3 is 9.80 Å². The summed E-state index contributed by atoms with van der Waals surface area (Å²) in [7, 11) is 0. The predicted octanol–water partition coefficient (Wildman–Crippen LogP) is 1.21. The smallest absolute Gasteiger partial charge is 0.286 e. The van der Waals surface area contributed by atoms with Crippen molar-refractivity contribution < 1.29 is 4.79 Å². The molecule has 0 aromatic carbocycles. The first-order chi connectivity index (χ1) is 12.6. The Hall–Kier alpha value is -2.22. The average molecular weight is 358 g/mol. The Morgan fingerprint density at radius 3 is 2.81 bits per heavy atom. The second-order valence-corrected chi connectivity index (χ2v) is 7.41. The number of carbonyl (C=O) groups is 1. The Morgan fingerprint density at radius 1 is 1.23 bits per heavy atom. The van der Waals surface area contributed by atoms with Crippen LogP contribution in [0.1, 0.15) is 54.7 Å². The molecule has 0 unspecified atom stereocenters. The summed E-state index contributed by atoms with van der Waals surface area (Å²) in [5.74, 6) is 0.698. The van der Waals surface area contributed by atoms with Crippen molar-refractivity contribution in [3.05, 3.63) is 27.9 Å². The van der Waals surface area contributed by atoms with E-state index in [-0.39, 0.29) is 23.1 Å². The van der Waals surface area contributed by atoms with Crippen molar-refractivity contribution in [3.63, 3.8) is 0 Å². The van der Waals surface area contributed by atoms with Crippen molar-refractivity contribution in [1.29, 1.82) is 0 Å². The Morgan fingerprint density at radius 2 is 2.00 bits per heavy atom. The van der Waals surface area contributed by atoms with Crippen LogP contribution in [0.2, 0.25) is 0 Å². The number of H-pyrrole nitrogens is 1. The maximum Gasteiger partial charge on any atom is 0.286 e. The van der Waals surface area contributed by atoms with Gasteiger partial charge in [0, 0.05) is 25.3 Å². The van der Waals surface area contributed by atoms with Gasteiger partial charge in [0.05, 0.1) is 0 Å². The topological polar surface area (TPSA) is 86.6 Å². The molecule has 2 aliphatic heterocycles. The highest BCUT2D eigenvalue weighted by atomic mass is 16.2. The number of carbonyl (C=O) groups excluding carboxylic acids is 1. The van der Waals surface area contributed by atoms with Crippen molar-refractivity contribution in [1.82, 2.24) is 29.4 Å². The maximum atomic E-state index is 13.1. The maximum absolute atomic E-state index is 13.1.